The molecule has 1 heterocycles. The molecular formula is C18H25N7O2S2. The van der Waals surface area contributed by atoms with E-state index in [4.69, 9.17) is 17.4 Å². The van der Waals surface area contributed by atoms with Crippen molar-refractivity contribution in [2.45, 2.75) is 32.1 Å². The first kappa shape index (κ1) is 22.7. The molecule has 156 valence electrons. The molecular weight excluding hydrogens is 410 g/mol. The van der Waals surface area contributed by atoms with Crippen molar-refractivity contribution in [3.05, 3.63) is 47.3 Å². The minimum atomic E-state index is -3.70. The van der Waals surface area contributed by atoms with Gasteiger partial charge >= 0.3 is 0 Å². The van der Waals surface area contributed by atoms with E-state index in [2.05, 4.69) is 30.9 Å². The molecule has 29 heavy (non-hydrogen) atoms. The minimum absolute atomic E-state index is 0.0803. The molecule has 0 amide bonds. The third-order valence-electron chi connectivity index (χ3n) is 3.70. The second kappa shape index (κ2) is 10.2. The number of rotatable bonds is 6. The highest BCUT2D eigenvalue weighted by molar-refractivity contribution is 7.89. The third-order valence-corrected chi connectivity index (χ3v) is 4.88. The summed E-state index contributed by atoms with van der Waals surface area (Å²) >= 11 is 5.24. The van der Waals surface area contributed by atoms with Gasteiger partial charge in [0.25, 0.3) is 0 Å². The van der Waals surface area contributed by atoms with Crippen molar-refractivity contribution in [3.63, 3.8) is 0 Å². The second-order valence-corrected chi connectivity index (χ2v) is 8.22. The van der Waals surface area contributed by atoms with Gasteiger partial charge in [-0.15, -0.1) is 0 Å². The Bertz CT molecular complexity index is 970. The smallest absolute Gasteiger partial charge is 0.238 e. The van der Waals surface area contributed by atoms with Crippen LogP contribution < -0.4 is 21.1 Å². The van der Waals surface area contributed by atoms with Crippen LogP contribution in [-0.4, -0.2) is 42.5 Å². The molecule has 9 nitrogen and oxygen atoms in total. The second-order valence-electron chi connectivity index (χ2n) is 6.25. The van der Waals surface area contributed by atoms with Gasteiger partial charge in [0.1, 0.15) is 0 Å². The third kappa shape index (κ3) is 7.72. The van der Waals surface area contributed by atoms with Crippen molar-refractivity contribution in [1.29, 1.82) is 0 Å². The lowest BCUT2D eigenvalue weighted by Crippen LogP contribution is -2.42. The van der Waals surface area contributed by atoms with Crippen molar-refractivity contribution in [3.8, 4) is 0 Å². The van der Waals surface area contributed by atoms with Crippen molar-refractivity contribution in [1.82, 2.24) is 20.6 Å². The van der Waals surface area contributed by atoms with Crippen molar-refractivity contribution in [2.75, 3.05) is 18.4 Å². The van der Waals surface area contributed by atoms with E-state index in [1.807, 2.05) is 26.8 Å². The Morgan fingerprint density at radius 3 is 2.34 bits per heavy atom. The van der Waals surface area contributed by atoms with Gasteiger partial charge in [-0.05, 0) is 63.2 Å². The monoisotopic (exact) mass is 435 g/mol. The molecule has 1 aromatic heterocycles. The SMILES string of the molecule is CCNC(=S)NC(=NCCc1ccc(S(N)(=O)=O)cc1)Nc1nc(C)cc(C)n1. The van der Waals surface area contributed by atoms with E-state index in [0.717, 1.165) is 17.0 Å². The van der Waals surface area contributed by atoms with Gasteiger partial charge in [0.15, 0.2) is 5.11 Å². The Kier molecular flexibility index (Phi) is 8.00. The zero-order chi connectivity index (χ0) is 21.4. The van der Waals surface area contributed by atoms with Crippen LogP contribution in [0.25, 0.3) is 0 Å². The summed E-state index contributed by atoms with van der Waals surface area (Å²) in [6.07, 6.45) is 0.597. The van der Waals surface area contributed by atoms with Crippen molar-refractivity contribution >= 4 is 39.3 Å². The Hall–Kier alpha value is -2.63. The van der Waals surface area contributed by atoms with Gasteiger partial charge in [-0.2, -0.15) is 0 Å². The highest BCUT2D eigenvalue weighted by atomic mass is 32.2. The first-order chi connectivity index (χ1) is 13.7. The Labute approximate surface area is 176 Å². The Morgan fingerprint density at radius 1 is 1.17 bits per heavy atom. The molecule has 2 aromatic rings. The molecule has 0 aliphatic rings. The standard InChI is InChI=1S/C18H25N7O2S2/c1-4-20-18(28)25-16(24-17-22-12(2)11-13(3)23-17)21-10-9-14-5-7-15(8-6-14)29(19,26)27/h5-8,11H,4,9-10H2,1-3H3,(H2,19,26,27)(H3,20,21,22,23,24,25,28). The molecule has 0 spiro atoms. The molecule has 11 heteroatoms. The van der Waals surface area contributed by atoms with Gasteiger partial charge in [-0.1, -0.05) is 12.1 Å². The summed E-state index contributed by atoms with van der Waals surface area (Å²) in [5.74, 6) is 0.840. The van der Waals surface area contributed by atoms with Gasteiger partial charge in [-0.3, -0.25) is 10.3 Å². The van der Waals surface area contributed by atoms with Gasteiger partial charge in [0.05, 0.1) is 4.90 Å². The number of aryl methyl sites for hydroxylation is 2. The van der Waals surface area contributed by atoms with Gasteiger partial charge in [-0.25, -0.2) is 23.5 Å². The molecule has 0 fully saturated rings. The Morgan fingerprint density at radius 2 is 1.79 bits per heavy atom. The van der Waals surface area contributed by atoms with Gasteiger partial charge < -0.3 is 10.6 Å². The molecule has 1 aromatic carbocycles. The maximum atomic E-state index is 11.3. The molecule has 0 atom stereocenters. The van der Waals surface area contributed by atoms with E-state index in [0.29, 0.717) is 36.5 Å². The van der Waals surface area contributed by atoms with Crippen LogP contribution >= 0.6 is 12.2 Å². The fourth-order valence-corrected chi connectivity index (χ4v) is 3.21. The van der Waals surface area contributed by atoms with Crippen LogP contribution in [0.1, 0.15) is 23.9 Å². The number of sulfonamides is 1. The van der Waals surface area contributed by atoms with Gasteiger partial charge in [0.2, 0.25) is 21.9 Å². The number of guanidine groups is 1. The zero-order valence-corrected chi connectivity index (χ0v) is 18.2. The topological polar surface area (TPSA) is 134 Å². The number of hydrogen-bond acceptors (Lipinski definition) is 6. The summed E-state index contributed by atoms with van der Waals surface area (Å²) in [7, 11) is -3.70. The van der Waals surface area contributed by atoms with Crippen LogP contribution in [-0.2, 0) is 16.4 Å². The van der Waals surface area contributed by atoms with E-state index in [9.17, 15) is 8.42 Å². The first-order valence-corrected chi connectivity index (χ1v) is 10.9. The van der Waals surface area contributed by atoms with Crippen LogP contribution in [0, 0.1) is 13.8 Å². The summed E-state index contributed by atoms with van der Waals surface area (Å²) in [6, 6.07) is 8.27. The molecule has 0 aliphatic heterocycles. The van der Waals surface area contributed by atoms with Crippen LogP contribution in [0.5, 0.6) is 0 Å². The summed E-state index contributed by atoms with van der Waals surface area (Å²) in [6.45, 7) is 6.83. The molecule has 2 rings (SSSR count). The lowest BCUT2D eigenvalue weighted by Gasteiger charge is -2.13. The van der Waals surface area contributed by atoms with E-state index >= 15 is 0 Å². The number of anilines is 1. The lowest BCUT2D eigenvalue weighted by atomic mass is 10.1. The predicted molar refractivity (Wildman–Crippen MR) is 118 cm³/mol. The molecule has 0 bridgehead atoms. The quantitative estimate of drug-likeness (QED) is 0.302. The Balaban J connectivity index is 2.10. The van der Waals surface area contributed by atoms with Crippen molar-refractivity contribution in [2.24, 2.45) is 10.1 Å². The van der Waals surface area contributed by atoms with E-state index in [1.165, 1.54) is 12.1 Å². The number of nitrogens with two attached hydrogens (primary N) is 1. The van der Waals surface area contributed by atoms with Crippen LogP contribution in [0.4, 0.5) is 5.95 Å². The van der Waals surface area contributed by atoms with E-state index < -0.39 is 10.0 Å². The van der Waals surface area contributed by atoms with E-state index in [-0.39, 0.29) is 4.90 Å². The molecule has 0 radical (unpaired) electrons. The average Bonchev–Trinajstić information content (AvgIpc) is 2.60. The largest absolute Gasteiger partial charge is 0.363 e. The fourth-order valence-electron chi connectivity index (χ4n) is 2.45. The van der Waals surface area contributed by atoms with E-state index in [1.54, 1.807) is 12.1 Å². The maximum absolute atomic E-state index is 11.3. The molecule has 0 saturated heterocycles. The number of nitrogens with one attached hydrogen (secondary N) is 3. The van der Waals surface area contributed by atoms with Crippen LogP contribution in [0.15, 0.2) is 40.2 Å². The number of primary sulfonamides is 1. The summed E-state index contributed by atoms with van der Waals surface area (Å²) in [5.41, 5.74) is 2.60. The molecule has 0 unspecified atom stereocenters. The van der Waals surface area contributed by atoms with Gasteiger partial charge in [0, 0.05) is 24.5 Å². The molecule has 0 saturated carbocycles. The first-order valence-electron chi connectivity index (χ1n) is 8.97. The number of nitrogens with zero attached hydrogens (tertiary/aromatic N) is 3. The lowest BCUT2D eigenvalue weighted by molar-refractivity contribution is 0.598. The van der Waals surface area contributed by atoms with Crippen LogP contribution in [0.2, 0.25) is 0 Å². The molecule has 0 aliphatic carbocycles. The predicted octanol–water partition coefficient (Wildman–Crippen LogP) is 1.24. The van der Waals surface area contributed by atoms with Crippen LogP contribution in [0.3, 0.4) is 0 Å². The number of benzene rings is 1. The number of hydrogen-bond donors (Lipinski definition) is 4. The summed E-state index contributed by atoms with van der Waals surface area (Å²) in [4.78, 5) is 13.3. The number of aliphatic imine (C=N–C) groups is 1. The minimum Gasteiger partial charge on any atom is -0.363 e. The fraction of sp³-hybridized carbons (Fsp3) is 0.333. The van der Waals surface area contributed by atoms with Crippen molar-refractivity contribution < 1.29 is 8.42 Å². The zero-order valence-electron chi connectivity index (χ0n) is 16.6. The molecule has 5 N–H and O–H groups in total. The summed E-state index contributed by atoms with van der Waals surface area (Å²) < 4.78 is 22.7. The highest BCUT2D eigenvalue weighted by Crippen LogP contribution is 2.09. The highest BCUT2D eigenvalue weighted by Gasteiger charge is 2.08. The maximum Gasteiger partial charge on any atom is 0.238 e. The normalized spacial score (nSPS) is 11.8. The number of thiocarbonyl (C=S) groups is 1. The summed E-state index contributed by atoms with van der Waals surface area (Å²) in [5, 5.41) is 14.6. The average molecular weight is 436 g/mol. The number of aromatic nitrogens is 2.